The summed E-state index contributed by atoms with van der Waals surface area (Å²) < 4.78 is 0. The lowest BCUT2D eigenvalue weighted by Gasteiger charge is -2.20. The first-order chi connectivity index (χ1) is 6.45. The molecule has 0 radical (unpaired) electrons. The molecule has 0 saturated carbocycles. The van der Waals surface area contributed by atoms with Gasteiger partial charge in [-0.25, -0.2) is 0 Å². The molecule has 0 aliphatic heterocycles. The number of rotatable bonds is 3. The highest BCUT2D eigenvalue weighted by Crippen LogP contribution is 2.21. The second kappa shape index (κ2) is 3.82. The molecular weight excluding hydrogens is 178 g/mol. The fourth-order valence-corrected chi connectivity index (χ4v) is 0.928. The van der Waals surface area contributed by atoms with E-state index in [9.17, 15) is 4.79 Å². The first kappa shape index (κ1) is 10.8. The second-order valence-corrected chi connectivity index (χ2v) is 4.13. The Labute approximate surface area is 84.1 Å². The Balaban J connectivity index is 2.66. The number of aryl methyl sites for hydroxylation is 1. The minimum Gasteiger partial charge on any atom is -0.309 e. The SMILES string of the molecule is CCC(C)(C)C(=O)Nc1cc(C)[nH]n1. The van der Waals surface area contributed by atoms with Crippen molar-refractivity contribution in [1.82, 2.24) is 10.2 Å². The molecule has 1 rings (SSSR count). The zero-order valence-electron chi connectivity index (χ0n) is 9.14. The number of aromatic nitrogens is 2. The van der Waals surface area contributed by atoms with E-state index in [4.69, 9.17) is 0 Å². The summed E-state index contributed by atoms with van der Waals surface area (Å²) in [7, 11) is 0. The third-order valence-electron chi connectivity index (χ3n) is 2.45. The molecule has 0 spiro atoms. The summed E-state index contributed by atoms with van der Waals surface area (Å²) >= 11 is 0. The summed E-state index contributed by atoms with van der Waals surface area (Å²) in [4.78, 5) is 11.7. The average Bonchev–Trinajstić information content (AvgIpc) is 2.51. The number of amides is 1. The van der Waals surface area contributed by atoms with Crippen LogP contribution in [0.15, 0.2) is 6.07 Å². The lowest BCUT2D eigenvalue weighted by atomic mass is 9.89. The van der Waals surface area contributed by atoms with Crippen molar-refractivity contribution < 1.29 is 4.79 Å². The number of carbonyl (C=O) groups is 1. The lowest BCUT2D eigenvalue weighted by Crippen LogP contribution is -2.30. The van der Waals surface area contributed by atoms with Gasteiger partial charge in [-0.15, -0.1) is 0 Å². The Kier molecular flexibility index (Phi) is 2.93. The normalized spacial score (nSPS) is 11.4. The predicted molar refractivity (Wildman–Crippen MR) is 56.0 cm³/mol. The van der Waals surface area contributed by atoms with Gasteiger partial charge < -0.3 is 5.32 Å². The number of nitrogens with zero attached hydrogens (tertiary/aromatic N) is 1. The third kappa shape index (κ3) is 2.34. The van der Waals surface area contributed by atoms with Crippen molar-refractivity contribution in [1.29, 1.82) is 0 Å². The van der Waals surface area contributed by atoms with Crippen LogP contribution in [-0.4, -0.2) is 16.1 Å². The topological polar surface area (TPSA) is 57.8 Å². The van der Waals surface area contributed by atoms with E-state index < -0.39 is 0 Å². The molecule has 0 bridgehead atoms. The van der Waals surface area contributed by atoms with E-state index in [1.807, 2.05) is 33.8 Å². The van der Waals surface area contributed by atoms with Gasteiger partial charge in [0.15, 0.2) is 5.82 Å². The summed E-state index contributed by atoms with van der Waals surface area (Å²) in [5.41, 5.74) is 0.599. The summed E-state index contributed by atoms with van der Waals surface area (Å²) in [6.45, 7) is 7.73. The Bertz CT molecular complexity index is 328. The highest BCUT2D eigenvalue weighted by Gasteiger charge is 2.25. The molecule has 0 unspecified atom stereocenters. The zero-order chi connectivity index (χ0) is 10.8. The Morgan fingerprint density at radius 1 is 1.64 bits per heavy atom. The Morgan fingerprint density at radius 3 is 2.71 bits per heavy atom. The number of anilines is 1. The van der Waals surface area contributed by atoms with Crippen LogP contribution in [0.3, 0.4) is 0 Å². The maximum absolute atomic E-state index is 11.7. The average molecular weight is 195 g/mol. The zero-order valence-corrected chi connectivity index (χ0v) is 9.14. The minimum absolute atomic E-state index is 0.00602. The van der Waals surface area contributed by atoms with E-state index in [2.05, 4.69) is 15.5 Å². The molecule has 0 fully saturated rings. The number of nitrogens with one attached hydrogen (secondary N) is 2. The number of hydrogen-bond acceptors (Lipinski definition) is 2. The first-order valence-corrected chi connectivity index (χ1v) is 4.79. The molecule has 0 atom stereocenters. The van der Waals surface area contributed by atoms with Gasteiger partial charge in [0.05, 0.1) is 0 Å². The maximum Gasteiger partial charge on any atom is 0.231 e. The molecule has 4 heteroatoms. The predicted octanol–water partition coefficient (Wildman–Crippen LogP) is 2.09. The lowest BCUT2D eigenvalue weighted by molar-refractivity contribution is -0.124. The highest BCUT2D eigenvalue weighted by atomic mass is 16.2. The van der Waals surface area contributed by atoms with Gasteiger partial charge in [0.25, 0.3) is 0 Å². The van der Waals surface area contributed by atoms with Crippen LogP contribution in [0.5, 0.6) is 0 Å². The smallest absolute Gasteiger partial charge is 0.231 e. The minimum atomic E-state index is -0.340. The first-order valence-electron chi connectivity index (χ1n) is 4.79. The van der Waals surface area contributed by atoms with Crippen LogP contribution in [0.25, 0.3) is 0 Å². The van der Waals surface area contributed by atoms with Crippen LogP contribution in [0.1, 0.15) is 32.9 Å². The molecule has 0 saturated heterocycles. The van der Waals surface area contributed by atoms with E-state index in [1.165, 1.54) is 0 Å². The van der Waals surface area contributed by atoms with E-state index in [0.717, 1.165) is 12.1 Å². The Hall–Kier alpha value is -1.32. The summed E-state index contributed by atoms with van der Waals surface area (Å²) in [6.07, 6.45) is 0.808. The second-order valence-electron chi connectivity index (χ2n) is 4.13. The molecule has 1 heterocycles. The molecule has 2 N–H and O–H groups in total. The fraction of sp³-hybridized carbons (Fsp3) is 0.600. The van der Waals surface area contributed by atoms with Crippen molar-refractivity contribution in [3.05, 3.63) is 11.8 Å². The van der Waals surface area contributed by atoms with E-state index >= 15 is 0 Å². The molecule has 1 aromatic heterocycles. The van der Waals surface area contributed by atoms with Gasteiger partial charge in [-0.3, -0.25) is 9.89 Å². The van der Waals surface area contributed by atoms with Crippen molar-refractivity contribution in [3.63, 3.8) is 0 Å². The van der Waals surface area contributed by atoms with Crippen molar-refractivity contribution >= 4 is 11.7 Å². The third-order valence-corrected chi connectivity index (χ3v) is 2.45. The van der Waals surface area contributed by atoms with Crippen molar-refractivity contribution in [2.75, 3.05) is 5.32 Å². The van der Waals surface area contributed by atoms with Gasteiger partial charge in [0, 0.05) is 17.2 Å². The van der Waals surface area contributed by atoms with Gasteiger partial charge >= 0.3 is 0 Å². The molecule has 4 nitrogen and oxygen atoms in total. The van der Waals surface area contributed by atoms with Crippen molar-refractivity contribution in [3.8, 4) is 0 Å². The van der Waals surface area contributed by atoms with E-state index in [0.29, 0.717) is 5.82 Å². The fourth-order valence-electron chi connectivity index (χ4n) is 0.928. The number of hydrogen-bond donors (Lipinski definition) is 2. The van der Waals surface area contributed by atoms with Crippen LogP contribution in [0, 0.1) is 12.3 Å². The van der Waals surface area contributed by atoms with Gasteiger partial charge in [0.1, 0.15) is 0 Å². The van der Waals surface area contributed by atoms with E-state index in [-0.39, 0.29) is 11.3 Å². The van der Waals surface area contributed by atoms with Crippen molar-refractivity contribution in [2.24, 2.45) is 5.41 Å². The molecule has 1 aromatic rings. The molecular formula is C10H17N3O. The molecule has 0 aliphatic rings. The quantitative estimate of drug-likeness (QED) is 0.775. The van der Waals surface area contributed by atoms with Crippen LogP contribution >= 0.6 is 0 Å². The number of H-pyrrole nitrogens is 1. The molecule has 0 aliphatic carbocycles. The van der Waals surface area contributed by atoms with Crippen LogP contribution in [0.4, 0.5) is 5.82 Å². The van der Waals surface area contributed by atoms with Crippen LogP contribution in [-0.2, 0) is 4.79 Å². The van der Waals surface area contributed by atoms with Gasteiger partial charge in [0.2, 0.25) is 5.91 Å². The van der Waals surface area contributed by atoms with Crippen LogP contribution < -0.4 is 5.32 Å². The van der Waals surface area contributed by atoms with Crippen molar-refractivity contribution in [2.45, 2.75) is 34.1 Å². The number of aromatic amines is 1. The molecule has 0 aromatic carbocycles. The van der Waals surface area contributed by atoms with Crippen LogP contribution in [0.2, 0.25) is 0 Å². The molecule has 1 amide bonds. The maximum atomic E-state index is 11.7. The number of carbonyl (C=O) groups excluding carboxylic acids is 1. The van der Waals surface area contributed by atoms with Gasteiger partial charge in [-0.05, 0) is 13.3 Å². The summed E-state index contributed by atoms with van der Waals surface area (Å²) in [5.74, 6) is 0.598. The summed E-state index contributed by atoms with van der Waals surface area (Å²) in [6, 6.07) is 1.81. The van der Waals surface area contributed by atoms with Gasteiger partial charge in [-0.2, -0.15) is 5.10 Å². The monoisotopic (exact) mass is 195 g/mol. The highest BCUT2D eigenvalue weighted by molar-refractivity contribution is 5.93. The standard InChI is InChI=1S/C10H17N3O/c1-5-10(3,4)9(14)11-8-6-7(2)12-13-8/h6H,5H2,1-4H3,(H2,11,12,13,14). The summed E-state index contributed by atoms with van der Waals surface area (Å²) in [5, 5.41) is 9.50. The molecule has 78 valence electrons. The van der Waals surface area contributed by atoms with E-state index in [1.54, 1.807) is 0 Å². The largest absolute Gasteiger partial charge is 0.309 e. The van der Waals surface area contributed by atoms with Gasteiger partial charge in [-0.1, -0.05) is 20.8 Å². The molecule has 14 heavy (non-hydrogen) atoms. The Morgan fingerprint density at radius 2 is 2.29 bits per heavy atom.